The van der Waals surface area contributed by atoms with Gasteiger partial charge in [-0.3, -0.25) is 0 Å². The molecule has 0 saturated heterocycles. The first kappa shape index (κ1) is 17.8. The van der Waals surface area contributed by atoms with E-state index >= 15 is 0 Å². The highest BCUT2D eigenvalue weighted by Crippen LogP contribution is 2.22. The first-order valence-corrected chi connectivity index (χ1v) is 9.56. The van der Waals surface area contributed by atoms with Crippen LogP contribution in [0.3, 0.4) is 0 Å². The number of aromatic nitrogens is 4. The molecule has 4 aromatic rings. The third kappa shape index (κ3) is 4.04. The molecule has 138 valence electrons. The van der Waals surface area contributed by atoms with Crippen molar-refractivity contribution in [2.75, 3.05) is 0 Å². The third-order valence-corrected chi connectivity index (χ3v) is 5.10. The molecule has 2 aromatic carbocycles. The summed E-state index contributed by atoms with van der Waals surface area (Å²) in [6, 6.07) is 13.3. The van der Waals surface area contributed by atoms with Crippen LogP contribution in [0.15, 0.2) is 42.5 Å². The summed E-state index contributed by atoms with van der Waals surface area (Å²) in [4.78, 5) is 0.712. The van der Waals surface area contributed by atoms with Gasteiger partial charge in [-0.25, -0.2) is 0 Å². The monoisotopic (exact) mass is 400 g/mol. The third-order valence-electron chi connectivity index (χ3n) is 3.97. The Labute approximate surface area is 165 Å². The van der Waals surface area contributed by atoms with Gasteiger partial charge >= 0.3 is 0 Å². The number of rotatable bonds is 6. The molecule has 6 nitrogen and oxygen atoms in total. The normalized spacial score (nSPS) is 11.1. The summed E-state index contributed by atoms with van der Waals surface area (Å²) in [5.74, 6) is 2.23. The average Bonchev–Trinajstić information content (AvgIpc) is 3.23. The molecule has 0 saturated carbocycles. The lowest BCUT2D eigenvalue weighted by atomic mass is 10.1. The van der Waals surface area contributed by atoms with Crippen molar-refractivity contribution in [3.63, 3.8) is 0 Å². The van der Waals surface area contributed by atoms with Gasteiger partial charge in [-0.05, 0) is 55.3 Å². The van der Waals surface area contributed by atoms with Crippen LogP contribution in [0, 0.1) is 13.8 Å². The summed E-state index contributed by atoms with van der Waals surface area (Å²) in [6.45, 7) is 4.71. The molecule has 2 aromatic heterocycles. The number of benzene rings is 2. The Morgan fingerprint density at radius 2 is 1.81 bits per heavy atom. The highest BCUT2D eigenvalue weighted by molar-refractivity contribution is 7.16. The number of hydrogen-bond acceptors (Lipinski definition) is 6. The minimum absolute atomic E-state index is 0.298. The van der Waals surface area contributed by atoms with Gasteiger partial charge in [0.2, 0.25) is 4.96 Å². The highest BCUT2D eigenvalue weighted by atomic mass is 35.5. The number of ether oxygens (including phenoxy) is 2. The summed E-state index contributed by atoms with van der Waals surface area (Å²) in [7, 11) is 0. The molecule has 8 heteroatoms. The fourth-order valence-corrected chi connectivity index (χ4v) is 3.42. The Morgan fingerprint density at radius 3 is 2.63 bits per heavy atom. The largest absolute Gasteiger partial charge is 0.486 e. The molecule has 0 atom stereocenters. The molecule has 0 radical (unpaired) electrons. The van der Waals surface area contributed by atoms with Gasteiger partial charge in [0.05, 0.1) is 0 Å². The maximum Gasteiger partial charge on any atom is 0.234 e. The Hall–Kier alpha value is -2.64. The van der Waals surface area contributed by atoms with Crippen molar-refractivity contribution in [1.82, 2.24) is 19.8 Å². The van der Waals surface area contributed by atoms with Crippen molar-refractivity contribution in [2.45, 2.75) is 27.1 Å². The zero-order valence-corrected chi connectivity index (χ0v) is 16.4. The topological polar surface area (TPSA) is 61.5 Å². The van der Waals surface area contributed by atoms with Crippen LogP contribution in [0.25, 0.3) is 4.96 Å². The average molecular weight is 401 g/mol. The van der Waals surface area contributed by atoms with Gasteiger partial charge in [0.25, 0.3) is 0 Å². The molecule has 0 unspecified atom stereocenters. The van der Waals surface area contributed by atoms with Crippen molar-refractivity contribution >= 4 is 27.9 Å². The summed E-state index contributed by atoms with van der Waals surface area (Å²) in [6.07, 6.45) is 0. The molecule has 0 amide bonds. The van der Waals surface area contributed by atoms with E-state index in [2.05, 4.69) is 21.4 Å². The van der Waals surface area contributed by atoms with E-state index in [9.17, 15) is 0 Å². The van der Waals surface area contributed by atoms with E-state index in [1.165, 1.54) is 11.3 Å². The van der Waals surface area contributed by atoms with Gasteiger partial charge in [-0.1, -0.05) is 35.1 Å². The van der Waals surface area contributed by atoms with E-state index in [0.717, 1.165) is 27.6 Å². The van der Waals surface area contributed by atoms with Gasteiger partial charge in [-0.15, -0.1) is 10.2 Å². The van der Waals surface area contributed by atoms with E-state index in [-0.39, 0.29) is 0 Å². The molecule has 0 aliphatic rings. The predicted molar refractivity (Wildman–Crippen MR) is 105 cm³/mol. The van der Waals surface area contributed by atoms with Crippen molar-refractivity contribution < 1.29 is 9.47 Å². The van der Waals surface area contributed by atoms with Crippen molar-refractivity contribution in [2.24, 2.45) is 0 Å². The van der Waals surface area contributed by atoms with Gasteiger partial charge in [0.15, 0.2) is 10.8 Å². The molecular formula is C19H17ClN4O2S. The Balaban J connectivity index is 1.45. The van der Waals surface area contributed by atoms with Crippen LogP contribution in [0.2, 0.25) is 5.02 Å². The van der Waals surface area contributed by atoms with Crippen LogP contribution in [-0.2, 0) is 13.2 Å². The second-order valence-corrected chi connectivity index (χ2v) is 7.58. The molecular weight excluding hydrogens is 384 g/mol. The van der Waals surface area contributed by atoms with Crippen molar-refractivity contribution in [3.05, 3.63) is 69.4 Å². The second kappa shape index (κ2) is 7.54. The number of hydrogen-bond donors (Lipinski definition) is 0. The van der Waals surface area contributed by atoms with Crippen LogP contribution in [-0.4, -0.2) is 19.8 Å². The Bertz CT molecular complexity index is 1080. The lowest BCUT2D eigenvalue weighted by Gasteiger charge is -2.08. The lowest BCUT2D eigenvalue weighted by molar-refractivity contribution is 0.288. The zero-order chi connectivity index (χ0) is 18.8. The molecule has 0 aliphatic carbocycles. The minimum atomic E-state index is 0.298. The van der Waals surface area contributed by atoms with E-state index in [1.807, 2.05) is 38.1 Å². The summed E-state index contributed by atoms with van der Waals surface area (Å²) >= 11 is 7.32. The zero-order valence-electron chi connectivity index (χ0n) is 14.8. The molecule has 0 fully saturated rings. The van der Waals surface area contributed by atoms with E-state index in [0.29, 0.717) is 29.0 Å². The molecule has 27 heavy (non-hydrogen) atoms. The van der Waals surface area contributed by atoms with Gasteiger partial charge < -0.3 is 9.47 Å². The summed E-state index contributed by atoms with van der Waals surface area (Å²) in [5, 5.41) is 14.4. The number of fused-ring (bicyclic) bond motifs is 1. The number of aryl methyl sites for hydroxylation is 2. The summed E-state index contributed by atoms with van der Waals surface area (Å²) in [5.41, 5.74) is 2.23. The number of nitrogens with zero attached hydrogens (tertiary/aromatic N) is 4. The van der Waals surface area contributed by atoms with Crippen LogP contribution in [0.1, 0.15) is 22.0 Å². The fourth-order valence-electron chi connectivity index (χ4n) is 2.53. The molecule has 0 N–H and O–H groups in total. The molecule has 0 aliphatic heterocycles. The van der Waals surface area contributed by atoms with Crippen LogP contribution in [0.4, 0.5) is 0 Å². The lowest BCUT2D eigenvalue weighted by Crippen LogP contribution is -2.04. The fraction of sp³-hybridized carbons (Fsp3) is 0.211. The number of halogens is 1. The maximum absolute atomic E-state index is 5.92. The smallest absolute Gasteiger partial charge is 0.234 e. The second-order valence-electron chi connectivity index (χ2n) is 6.11. The predicted octanol–water partition coefficient (Wildman–Crippen LogP) is 4.61. The van der Waals surface area contributed by atoms with Gasteiger partial charge in [0.1, 0.15) is 24.7 Å². The van der Waals surface area contributed by atoms with E-state index < -0.39 is 0 Å². The van der Waals surface area contributed by atoms with Crippen LogP contribution < -0.4 is 9.47 Å². The quantitative estimate of drug-likeness (QED) is 0.472. The Morgan fingerprint density at radius 1 is 1.00 bits per heavy atom. The van der Waals surface area contributed by atoms with Crippen LogP contribution >= 0.6 is 22.9 Å². The maximum atomic E-state index is 5.92. The minimum Gasteiger partial charge on any atom is -0.486 e. The van der Waals surface area contributed by atoms with Crippen molar-refractivity contribution in [1.29, 1.82) is 0 Å². The molecule has 0 bridgehead atoms. The molecule has 4 rings (SSSR count). The SMILES string of the molecule is Cc1ccc(C)c(OCc2nnc3sc(COc4ccc(Cl)cc4)nn23)c1. The Kier molecular flexibility index (Phi) is 4.96. The summed E-state index contributed by atoms with van der Waals surface area (Å²) < 4.78 is 13.4. The standard InChI is InChI=1S/C19H17ClN4O2S/c1-12-3-4-13(2)16(9-12)26-10-17-21-22-19-24(17)23-18(27-19)11-25-15-7-5-14(20)6-8-15/h3-9H,10-11H2,1-2H3. The molecule has 2 heterocycles. The van der Waals surface area contributed by atoms with Crippen molar-refractivity contribution in [3.8, 4) is 11.5 Å². The first-order valence-electron chi connectivity index (χ1n) is 8.37. The first-order chi connectivity index (χ1) is 13.1. The highest BCUT2D eigenvalue weighted by Gasteiger charge is 2.13. The van der Waals surface area contributed by atoms with Crippen LogP contribution in [0.5, 0.6) is 11.5 Å². The van der Waals surface area contributed by atoms with E-state index in [4.69, 9.17) is 21.1 Å². The van der Waals surface area contributed by atoms with Gasteiger partial charge in [0, 0.05) is 5.02 Å². The van der Waals surface area contributed by atoms with E-state index in [1.54, 1.807) is 16.6 Å². The van der Waals surface area contributed by atoms with Gasteiger partial charge in [-0.2, -0.15) is 9.61 Å². The molecule has 0 spiro atoms.